The molecule has 0 aromatic heterocycles. The summed E-state index contributed by atoms with van der Waals surface area (Å²) in [6.07, 6.45) is 7.14. The first-order valence-electron chi connectivity index (χ1n) is 4.19. The molecule has 0 fully saturated rings. The van der Waals surface area contributed by atoms with Crippen LogP contribution in [0.2, 0.25) is 0 Å². The number of allylic oxidation sites excluding steroid dienone is 2. The average molecular weight is 181 g/mol. The third-order valence-electron chi connectivity index (χ3n) is 2.36. The van der Waals surface area contributed by atoms with Crippen molar-refractivity contribution in [3.63, 3.8) is 0 Å². The van der Waals surface area contributed by atoms with Crippen LogP contribution in [0.3, 0.4) is 0 Å². The van der Waals surface area contributed by atoms with Crippen LogP contribution in [0, 0.1) is 0 Å². The molecule has 0 saturated carbocycles. The van der Waals surface area contributed by atoms with Gasteiger partial charge in [0.1, 0.15) is 12.0 Å². The van der Waals surface area contributed by atoms with Gasteiger partial charge in [-0.2, -0.15) is 0 Å². The predicted molar refractivity (Wildman–Crippen MR) is 48.9 cm³/mol. The summed E-state index contributed by atoms with van der Waals surface area (Å²) in [4.78, 5) is 3.84. The highest BCUT2D eigenvalue weighted by Gasteiger charge is 2.28. The molecule has 2 N–H and O–H groups in total. The van der Waals surface area contributed by atoms with Gasteiger partial charge < -0.3 is 15.5 Å². The third-order valence-corrected chi connectivity index (χ3v) is 2.36. The topological polar surface area (TPSA) is 32.5 Å². The molecule has 1 atom stereocenters. The molecule has 0 aliphatic carbocycles. The predicted octanol–water partition coefficient (Wildman–Crippen LogP) is 0.741. The van der Waals surface area contributed by atoms with Crippen LogP contribution >= 0.6 is 0 Å². The molecule has 2 aliphatic rings. The zero-order chi connectivity index (χ0) is 9.42. The summed E-state index contributed by atoms with van der Waals surface area (Å²) >= 11 is 0. The van der Waals surface area contributed by atoms with Gasteiger partial charge in [-0.3, -0.25) is 0 Å². The summed E-state index contributed by atoms with van der Waals surface area (Å²) in [5.74, 6) is -0.237. The Kier molecular flexibility index (Phi) is 1.84. The molecule has 2 rings (SSSR count). The van der Waals surface area contributed by atoms with Crippen molar-refractivity contribution in [1.29, 1.82) is 0 Å². The standard InChI is InChI=1S/C9H12FN3/c1-12-4-5-13-8(6-11)7(10)2-3-9(12)13/h2-5,9H,6,11H2,1H3. The van der Waals surface area contributed by atoms with Gasteiger partial charge in [0.25, 0.3) is 0 Å². The lowest BCUT2D eigenvalue weighted by Crippen LogP contribution is -2.38. The van der Waals surface area contributed by atoms with Crippen LogP contribution < -0.4 is 5.73 Å². The fourth-order valence-electron chi connectivity index (χ4n) is 1.62. The van der Waals surface area contributed by atoms with E-state index in [1.54, 1.807) is 0 Å². The number of likely N-dealkylation sites (N-methyl/N-ethyl adjacent to an activating group) is 1. The summed E-state index contributed by atoms with van der Waals surface area (Å²) in [6.45, 7) is 0.227. The van der Waals surface area contributed by atoms with Gasteiger partial charge in [0.15, 0.2) is 0 Å². The van der Waals surface area contributed by atoms with E-state index in [9.17, 15) is 4.39 Å². The zero-order valence-electron chi connectivity index (χ0n) is 7.44. The summed E-state index contributed by atoms with van der Waals surface area (Å²) in [5.41, 5.74) is 6.02. The number of hydrogen-bond donors (Lipinski definition) is 1. The molecular formula is C9H12FN3. The third kappa shape index (κ3) is 1.14. The lowest BCUT2D eigenvalue weighted by molar-refractivity contribution is 0.250. The SMILES string of the molecule is CN1C=CN2C(CN)=C(F)C=CC12. The van der Waals surface area contributed by atoms with Crippen molar-refractivity contribution in [2.24, 2.45) is 5.73 Å². The summed E-state index contributed by atoms with van der Waals surface area (Å²) in [6, 6.07) is 0. The second kappa shape index (κ2) is 2.88. The van der Waals surface area contributed by atoms with E-state index in [-0.39, 0.29) is 18.5 Å². The molecule has 0 radical (unpaired) electrons. The van der Waals surface area contributed by atoms with Crippen molar-refractivity contribution in [2.45, 2.75) is 6.17 Å². The van der Waals surface area contributed by atoms with E-state index < -0.39 is 0 Å². The van der Waals surface area contributed by atoms with E-state index >= 15 is 0 Å². The fraction of sp³-hybridized carbons (Fsp3) is 0.333. The molecular weight excluding hydrogens is 169 g/mol. The highest BCUT2D eigenvalue weighted by atomic mass is 19.1. The lowest BCUT2D eigenvalue weighted by atomic mass is 10.2. The Morgan fingerprint density at radius 1 is 1.54 bits per heavy atom. The van der Waals surface area contributed by atoms with Crippen molar-refractivity contribution >= 4 is 0 Å². The van der Waals surface area contributed by atoms with E-state index in [4.69, 9.17) is 5.73 Å². The molecule has 0 spiro atoms. The Bertz CT molecular complexity index is 306. The first-order chi connectivity index (χ1) is 6.24. The van der Waals surface area contributed by atoms with Crippen LogP contribution in [-0.2, 0) is 0 Å². The summed E-state index contributed by atoms with van der Waals surface area (Å²) in [5, 5.41) is 0. The van der Waals surface area contributed by atoms with Crippen LogP contribution in [-0.4, -0.2) is 29.6 Å². The Balaban J connectivity index is 2.34. The Morgan fingerprint density at radius 2 is 2.31 bits per heavy atom. The quantitative estimate of drug-likeness (QED) is 0.647. The van der Waals surface area contributed by atoms with Crippen LogP contribution in [0.4, 0.5) is 4.39 Å². The minimum absolute atomic E-state index is 0.0954. The normalized spacial score (nSPS) is 25.9. The Labute approximate surface area is 76.6 Å². The van der Waals surface area contributed by atoms with Gasteiger partial charge in [-0.05, 0) is 12.2 Å². The summed E-state index contributed by atoms with van der Waals surface area (Å²) in [7, 11) is 1.95. The van der Waals surface area contributed by atoms with Crippen molar-refractivity contribution in [3.8, 4) is 0 Å². The van der Waals surface area contributed by atoms with Gasteiger partial charge in [0.05, 0.1) is 5.70 Å². The number of nitrogens with zero attached hydrogens (tertiary/aromatic N) is 2. The van der Waals surface area contributed by atoms with Crippen LogP contribution in [0.25, 0.3) is 0 Å². The zero-order valence-corrected chi connectivity index (χ0v) is 7.44. The molecule has 2 heterocycles. The van der Waals surface area contributed by atoms with Gasteiger partial charge in [-0.15, -0.1) is 0 Å². The van der Waals surface area contributed by atoms with Gasteiger partial charge >= 0.3 is 0 Å². The maximum absolute atomic E-state index is 13.2. The Morgan fingerprint density at radius 3 is 3.00 bits per heavy atom. The second-order valence-electron chi connectivity index (χ2n) is 3.14. The molecule has 1 unspecified atom stereocenters. The lowest BCUT2D eigenvalue weighted by Gasteiger charge is -2.31. The Hall–Kier alpha value is -1.29. The number of fused-ring (bicyclic) bond motifs is 1. The van der Waals surface area contributed by atoms with Gasteiger partial charge in [-0.25, -0.2) is 4.39 Å². The minimum atomic E-state index is -0.237. The molecule has 0 amide bonds. The molecule has 4 heteroatoms. The van der Waals surface area contributed by atoms with Gasteiger partial charge in [0, 0.05) is 26.0 Å². The molecule has 0 aromatic carbocycles. The fourth-order valence-corrected chi connectivity index (χ4v) is 1.62. The molecule has 2 aliphatic heterocycles. The molecule has 70 valence electrons. The maximum atomic E-state index is 13.2. The van der Waals surface area contributed by atoms with Crippen molar-refractivity contribution in [3.05, 3.63) is 36.1 Å². The van der Waals surface area contributed by atoms with E-state index in [0.29, 0.717) is 5.70 Å². The number of nitrogens with two attached hydrogens (primary N) is 1. The van der Waals surface area contributed by atoms with E-state index in [1.807, 2.05) is 35.3 Å². The highest BCUT2D eigenvalue weighted by molar-refractivity contribution is 5.30. The molecule has 0 aromatic rings. The monoisotopic (exact) mass is 181 g/mol. The van der Waals surface area contributed by atoms with E-state index in [0.717, 1.165) is 0 Å². The van der Waals surface area contributed by atoms with Crippen LogP contribution in [0.5, 0.6) is 0 Å². The highest BCUT2D eigenvalue weighted by Crippen LogP contribution is 2.27. The van der Waals surface area contributed by atoms with Crippen molar-refractivity contribution in [2.75, 3.05) is 13.6 Å². The summed E-state index contributed by atoms with van der Waals surface area (Å²) < 4.78 is 13.2. The second-order valence-corrected chi connectivity index (χ2v) is 3.14. The van der Waals surface area contributed by atoms with Crippen LogP contribution in [0.15, 0.2) is 36.1 Å². The van der Waals surface area contributed by atoms with Gasteiger partial charge in [-0.1, -0.05) is 0 Å². The first kappa shape index (κ1) is 8.31. The van der Waals surface area contributed by atoms with Crippen LogP contribution in [0.1, 0.15) is 0 Å². The molecule has 13 heavy (non-hydrogen) atoms. The van der Waals surface area contributed by atoms with Crippen molar-refractivity contribution in [1.82, 2.24) is 9.80 Å². The largest absolute Gasteiger partial charge is 0.356 e. The average Bonchev–Trinajstić information content (AvgIpc) is 2.48. The van der Waals surface area contributed by atoms with Gasteiger partial charge in [0.2, 0.25) is 0 Å². The van der Waals surface area contributed by atoms with E-state index in [1.165, 1.54) is 6.08 Å². The molecule has 0 bridgehead atoms. The van der Waals surface area contributed by atoms with Crippen molar-refractivity contribution < 1.29 is 4.39 Å². The smallest absolute Gasteiger partial charge is 0.143 e. The maximum Gasteiger partial charge on any atom is 0.143 e. The number of rotatable bonds is 1. The van der Waals surface area contributed by atoms with E-state index in [2.05, 4.69) is 0 Å². The molecule has 0 saturated heterocycles. The molecule has 3 nitrogen and oxygen atoms in total. The first-order valence-corrected chi connectivity index (χ1v) is 4.19. The number of hydrogen-bond acceptors (Lipinski definition) is 3. The number of halogens is 1. The minimum Gasteiger partial charge on any atom is -0.356 e.